The van der Waals surface area contributed by atoms with Crippen molar-refractivity contribution in [3.8, 4) is 11.5 Å². The minimum Gasteiger partial charge on any atom is -0.497 e. The van der Waals surface area contributed by atoms with E-state index in [9.17, 15) is 9.18 Å². The molecule has 6 heteroatoms. The monoisotopic (exact) mass is 402 g/mol. The summed E-state index contributed by atoms with van der Waals surface area (Å²) in [7, 11) is 3.13. The van der Waals surface area contributed by atoms with Gasteiger partial charge in [-0.3, -0.25) is 9.69 Å². The maximum absolute atomic E-state index is 13.9. The van der Waals surface area contributed by atoms with Crippen molar-refractivity contribution in [1.82, 2.24) is 0 Å². The van der Waals surface area contributed by atoms with Gasteiger partial charge >= 0.3 is 0 Å². The van der Waals surface area contributed by atoms with Crippen LogP contribution in [0.1, 0.15) is 11.1 Å². The summed E-state index contributed by atoms with van der Waals surface area (Å²) in [6.45, 7) is 0. The predicted octanol–water partition coefficient (Wildman–Crippen LogP) is 4.68. The van der Waals surface area contributed by atoms with E-state index < -0.39 is 5.82 Å². The van der Waals surface area contributed by atoms with E-state index in [-0.39, 0.29) is 11.6 Å². The molecule has 1 aliphatic heterocycles. The number of benzene rings is 3. The van der Waals surface area contributed by atoms with Crippen molar-refractivity contribution in [3.05, 3.63) is 95.4 Å². The number of halogens is 1. The number of rotatable bonds is 5. The number of hydrogen-bond donors (Lipinski definition) is 0. The summed E-state index contributed by atoms with van der Waals surface area (Å²) in [4.78, 5) is 19.3. The molecule has 3 aromatic rings. The Labute approximate surface area is 173 Å². The summed E-state index contributed by atoms with van der Waals surface area (Å²) in [5.41, 5.74) is 2.01. The number of amidine groups is 1. The third-order valence-electron chi connectivity index (χ3n) is 4.69. The second-order valence-electron chi connectivity index (χ2n) is 6.56. The van der Waals surface area contributed by atoms with Crippen molar-refractivity contribution in [3.63, 3.8) is 0 Å². The fourth-order valence-corrected chi connectivity index (χ4v) is 3.26. The summed E-state index contributed by atoms with van der Waals surface area (Å²) < 4.78 is 24.6. The minimum absolute atomic E-state index is 0.224. The van der Waals surface area contributed by atoms with Crippen LogP contribution in [0.2, 0.25) is 0 Å². The van der Waals surface area contributed by atoms with Crippen LogP contribution in [-0.4, -0.2) is 26.0 Å². The number of nitrogens with zero attached hydrogens (tertiary/aromatic N) is 2. The lowest BCUT2D eigenvalue weighted by Gasteiger charge is -2.19. The average molecular weight is 402 g/mol. The number of carbonyl (C=O) groups excluding carboxylic acids is 1. The molecule has 0 bridgehead atoms. The molecule has 0 N–H and O–H groups in total. The van der Waals surface area contributed by atoms with E-state index in [4.69, 9.17) is 9.47 Å². The maximum Gasteiger partial charge on any atom is 0.282 e. The molecule has 3 aromatic carbocycles. The van der Waals surface area contributed by atoms with Crippen molar-refractivity contribution in [1.29, 1.82) is 0 Å². The highest BCUT2D eigenvalue weighted by Crippen LogP contribution is 2.30. The molecule has 4 rings (SSSR count). The first kappa shape index (κ1) is 19.4. The predicted molar refractivity (Wildman–Crippen MR) is 114 cm³/mol. The van der Waals surface area contributed by atoms with Gasteiger partial charge in [0, 0.05) is 11.1 Å². The van der Waals surface area contributed by atoms with Crippen LogP contribution in [0.25, 0.3) is 6.08 Å². The molecule has 150 valence electrons. The van der Waals surface area contributed by atoms with Crippen LogP contribution in [0, 0.1) is 5.82 Å². The lowest BCUT2D eigenvalue weighted by Crippen LogP contribution is -2.32. The zero-order valence-electron chi connectivity index (χ0n) is 16.5. The molecule has 0 atom stereocenters. The van der Waals surface area contributed by atoms with Gasteiger partial charge in [0.05, 0.1) is 19.9 Å². The van der Waals surface area contributed by atoms with E-state index in [1.165, 1.54) is 17.0 Å². The molecule has 0 unspecified atom stereocenters. The molecule has 1 heterocycles. The van der Waals surface area contributed by atoms with Crippen molar-refractivity contribution in [2.45, 2.75) is 0 Å². The van der Waals surface area contributed by atoms with Crippen molar-refractivity contribution >= 4 is 23.5 Å². The van der Waals surface area contributed by atoms with Crippen LogP contribution in [0.4, 0.5) is 10.1 Å². The molecule has 0 saturated heterocycles. The Hall–Kier alpha value is -3.93. The highest BCUT2D eigenvalue weighted by Gasteiger charge is 2.33. The number of carbonyl (C=O) groups is 1. The van der Waals surface area contributed by atoms with Crippen LogP contribution in [0.5, 0.6) is 11.5 Å². The van der Waals surface area contributed by atoms with Crippen LogP contribution in [-0.2, 0) is 4.79 Å². The zero-order valence-corrected chi connectivity index (χ0v) is 16.5. The van der Waals surface area contributed by atoms with Crippen LogP contribution >= 0.6 is 0 Å². The highest BCUT2D eigenvalue weighted by molar-refractivity contribution is 6.33. The van der Waals surface area contributed by atoms with E-state index in [2.05, 4.69) is 4.99 Å². The van der Waals surface area contributed by atoms with E-state index >= 15 is 0 Å². The van der Waals surface area contributed by atoms with Gasteiger partial charge in [-0.1, -0.05) is 36.4 Å². The van der Waals surface area contributed by atoms with Crippen molar-refractivity contribution in [2.75, 3.05) is 19.1 Å². The first-order chi connectivity index (χ1) is 14.6. The molecule has 1 aliphatic rings. The van der Waals surface area contributed by atoms with Crippen LogP contribution < -0.4 is 14.4 Å². The highest BCUT2D eigenvalue weighted by atomic mass is 19.1. The van der Waals surface area contributed by atoms with Gasteiger partial charge in [0.25, 0.3) is 5.91 Å². The topological polar surface area (TPSA) is 51.1 Å². The maximum atomic E-state index is 13.9. The molecular formula is C24H19FN2O3. The molecule has 0 spiro atoms. The Balaban J connectivity index is 1.86. The number of methoxy groups -OCH3 is 2. The molecule has 0 aromatic heterocycles. The Morgan fingerprint density at radius 3 is 2.50 bits per heavy atom. The molecule has 0 fully saturated rings. The molecular weight excluding hydrogens is 383 g/mol. The molecule has 0 saturated carbocycles. The summed E-state index contributed by atoms with van der Waals surface area (Å²) in [6.07, 6.45) is 1.67. The number of ether oxygens (including phenoxy) is 2. The largest absolute Gasteiger partial charge is 0.497 e. The fraction of sp³-hybridized carbons (Fsp3) is 0.0833. The van der Waals surface area contributed by atoms with E-state index in [1.54, 1.807) is 44.6 Å². The summed E-state index contributed by atoms with van der Waals surface area (Å²) in [6, 6.07) is 20.4. The van der Waals surface area contributed by atoms with Crippen LogP contribution in [0.3, 0.4) is 0 Å². The van der Waals surface area contributed by atoms with Gasteiger partial charge in [-0.15, -0.1) is 0 Å². The number of amides is 1. The molecule has 30 heavy (non-hydrogen) atoms. The summed E-state index contributed by atoms with van der Waals surface area (Å²) >= 11 is 0. The van der Waals surface area contributed by atoms with Gasteiger partial charge in [0.2, 0.25) is 0 Å². The first-order valence-electron chi connectivity index (χ1n) is 9.28. The number of hydrogen-bond acceptors (Lipinski definition) is 4. The van der Waals surface area contributed by atoms with Crippen molar-refractivity contribution < 1.29 is 18.7 Å². The van der Waals surface area contributed by atoms with Gasteiger partial charge in [0.1, 0.15) is 28.8 Å². The Morgan fingerprint density at radius 2 is 1.73 bits per heavy atom. The van der Waals surface area contributed by atoms with Crippen molar-refractivity contribution in [2.24, 2.45) is 4.99 Å². The van der Waals surface area contributed by atoms with Gasteiger partial charge in [0.15, 0.2) is 0 Å². The third-order valence-corrected chi connectivity index (χ3v) is 4.69. The molecule has 5 nitrogen and oxygen atoms in total. The standard InChI is InChI=1S/C24H19FN2O3/c1-29-20-11-5-8-17(13-20)23-26-21(14-16-7-3-4-12-22(16)30-2)24(28)27(23)19-10-6-9-18(25)15-19/h3-15H,1-2H3. The molecule has 0 radical (unpaired) electrons. The number of para-hydroxylation sites is 1. The van der Waals surface area contributed by atoms with E-state index in [1.807, 2.05) is 36.4 Å². The smallest absolute Gasteiger partial charge is 0.282 e. The van der Waals surface area contributed by atoms with E-state index in [0.717, 1.165) is 5.56 Å². The Kier molecular flexibility index (Phi) is 5.30. The van der Waals surface area contributed by atoms with Crippen LogP contribution in [0.15, 0.2) is 83.5 Å². The Morgan fingerprint density at radius 1 is 0.933 bits per heavy atom. The normalized spacial score (nSPS) is 14.8. The van der Waals surface area contributed by atoms with E-state index in [0.29, 0.717) is 28.6 Å². The van der Waals surface area contributed by atoms with Gasteiger partial charge in [-0.2, -0.15) is 0 Å². The average Bonchev–Trinajstić information content (AvgIpc) is 3.10. The minimum atomic E-state index is -0.438. The molecule has 1 amide bonds. The number of anilines is 1. The quantitative estimate of drug-likeness (QED) is 0.583. The summed E-state index contributed by atoms with van der Waals surface area (Å²) in [5, 5.41) is 0. The fourth-order valence-electron chi connectivity index (χ4n) is 3.26. The zero-order chi connectivity index (χ0) is 21.1. The second kappa shape index (κ2) is 8.21. The third kappa shape index (κ3) is 3.67. The van der Waals surface area contributed by atoms with Gasteiger partial charge in [-0.25, -0.2) is 9.38 Å². The van der Waals surface area contributed by atoms with Gasteiger partial charge in [-0.05, 0) is 42.5 Å². The molecule has 0 aliphatic carbocycles. The SMILES string of the molecule is COc1cccc(C2=NC(=Cc3ccccc3OC)C(=O)N2c2cccc(F)c2)c1. The second-order valence-corrected chi connectivity index (χ2v) is 6.56. The summed E-state index contributed by atoms with van der Waals surface area (Å²) in [5.74, 6) is 0.853. The lowest BCUT2D eigenvalue weighted by molar-refractivity contribution is -0.113. The lowest BCUT2D eigenvalue weighted by atomic mass is 10.1. The van der Waals surface area contributed by atoms with Gasteiger partial charge < -0.3 is 9.47 Å². The number of aliphatic imine (C=N–C) groups is 1. The first-order valence-corrected chi connectivity index (χ1v) is 9.28. The Bertz CT molecular complexity index is 1170.